The summed E-state index contributed by atoms with van der Waals surface area (Å²) in [5, 5.41) is 0. The molecule has 1 aliphatic carbocycles. The molecule has 0 amide bonds. The average Bonchev–Trinajstić information content (AvgIpc) is 3.32. The minimum atomic E-state index is -0.317. The highest BCUT2D eigenvalue weighted by Gasteiger charge is 2.31. The van der Waals surface area contributed by atoms with E-state index in [1.165, 1.54) is 20.0 Å². The molecule has 5 heteroatoms. The van der Waals surface area contributed by atoms with E-state index < -0.39 is 0 Å². The first-order valence-electron chi connectivity index (χ1n) is 7.16. The van der Waals surface area contributed by atoms with Gasteiger partial charge >= 0.3 is 5.97 Å². The number of carbonyl (C=O) groups is 1. The second kappa shape index (κ2) is 5.32. The molecule has 1 saturated carbocycles. The van der Waals surface area contributed by atoms with E-state index in [9.17, 15) is 4.79 Å². The highest BCUT2D eigenvalue weighted by Crippen LogP contribution is 2.30. The Morgan fingerprint density at radius 2 is 1.95 bits per heavy atom. The molecule has 1 heterocycles. The number of rotatable bonds is 3. The fraction of sp³-hybridized carbons (Fsp3) is 0.533. The molecule has 0 unspecified atom stereocenters. The number of methoxy groups -OCH3 is 1. The van der Waals surface area contributed by atoms with Crippen LogP contribution in [0.15, 0.2) is 18.2 Å². The van der Waals surface area contributed by atoms with E-state index >= 15 is 0 Å². The summed E-state index contributed by atoms with van der Waals surface area (Å²) in [7, 11) is 1.40. The van der Waals surface area contributed by atoms with Crippen molar-refractivity contribution in [1.82, 2.24) is 4.90 Å². The van der Waals surface area contributed by atoms with Gasteiger partial charge in [0, 0.05) is 32.2 Å². The first kappa shape index (κ1) is 13.2. The molecule has 1 aliphatic heterocycles. The van der Waals surface area contributed by atoms with Crippen molar-refractivity contribution in [3.63, 3.8) is 0 Å². The summed E-state index contributed by atoms with van der Waals surface area (Å²) in [4.78, 5) is 16.4. The minimum absolute atomic E-state index is 0.317. The Labute approximate surface area is 119 Å². The summed E-state index contributed by atoms with van der Waals surface area (Å²) in [6.45, 7) is 4.08. The van der Waals surface area contributed by atoms with Crippen LogP contribution in [0.5, 0.6) is 0 Å². The maximum Gasteiger partial charge on any atom is 0.337 e. The van der Waals surface area contributed by atoms with Crippen LogP contribution in [0.25, 0.3) is 0 Å². The van der Waals surface area contributed by atoms with Gasteiger partial charge in [-0.15, -0.1) is 0 Å². The number of carbonyl (C=O) groups excluding carboxylic acids is 1. The second-order valence-corrected chi connectivity index (χ2v) is 5.52. The molecule has 0 aromatic heterocycles. The third kappa shape index (κ3) is 2.58. The number of esters is 1. The monoisotopic (exact) mass is 275 g/mol. The topological polar surface area (TPSA) is 58.8 Å². The van der Waals surface area contributed by atoms with Crippen molar-refractivity contribution < 1.29 is 9.53 Å². The average molecular weight is 275 g/mol. The van der Waals surface area contributed by atoms with Gasteiger partial charge in [-0.1, -0.05) is 0 Å². The Kier molecular flexibility index (Phi) is 3.53. The molecule has 3 rings (SSSR count). The van der Waals surface area contributed by atoms with Crippen molar-refractivity contribution >= 4 is 17.3 Å². The van der Waals surface area contributed by atoms with E-state index in [0.29, 0.717) is 5.56 Å². The van der Waals surface area contributed by atoms with Crippen LogP contribution in [0.1, 0.15) is 23.2 Å². The Morgan fingerprint density at radius 3 is 2.55 bits per heavy atom. The number of hydrogen-bond donors (Lipinski definition) is 1. The highest BCUT2D eigenvalue weighted by atomic mass is 16.5. The molecule has 1 saturated heterocycles. The van der Waals surface area contributed by atoms with Crippen LogP contribution >= 0.6 is 0 Å². The smallest absolute Gasteiger partial charge is 0.337 e. The fourth-order valence-corrected chi connectivity index (χ4v) is 2.83. The van der Waals surface area contributed by atoms with Gasteiger partial charge in [-0.3, -0.25) is 4.90 Å². The summed E-state index contributed by atoms with van der Waals surface area (Å²) in [6.07, 6.45) is 2.69. The molecule has 0 bridgehead atoms. The summed E-state index contributed by atoms with van der Waals surface area (Å²) >= 11 is 0. The van der Waals surface area contributed by atoms with Crippen LogP contribution in [0.2, 0.25) is 0 Å². The second-order valence-electron chi connectivity index (χ2n) is 5.52. The molecule has 1 aromatic rings. The van der Waals surface area contributed by atoms with Crippen LogP contribution in [0.3, 0.4) is 0 Å². The first-order chi connectivity index (χ1) is 9.69. The zero-order valence-electron chi connectivity index (χ0n) is 11.8. The summed E-state index contributed by atoms with van der Waals surface area (Å²) < 4.78 is 4.77. The van der Waals surface area contributed by atoms with E-state index in [2.05, 4.69) is 9.80 Å². The predicted molar refractivity (Wildman–Crippen MR) is 79.0 cm³/mol. The molecule has 2 N–H and O–H groups in total. The molecule has 108 valence electrons. The van der Waals surface area contributed by atoms with E-state index in [-0.39, 0.29) is 5.97 Å². The largest absolute Gasteiger partial charge is 0.465 e. The maximum absolute atomic E-state index is 11.6. The lowest BCUT2D eigenvalue weighted by Crippen LogP contribution is -2.47. The lowest BCUT2D eigenvalue weighted by atomic mass is 10.1. The zero-order valence-corrected chi connectivity index (χ0v) is 11.8. The summed E-state index contributed by atoms with van der Waals surface area (Å²) in [5.74, 6) is -0.317. The number of piperazine rings is 1. The normalized spacial score (nSPS) is 19.9. The number of anilines is 2. The van der Waals surface area contributed by atoms with Crippen LogP contribution in [-0.2, 0) is 4.74 Å². The maximum atomic E-state index is 11.6. The van der Waals surface area contributed by atoms with Gasteiger partial charge in [0.2, 0.25) is 0 Å². The van der Waals surface area contributed by atoms with Crippen molar-refractivity contribution in [2.75, 3.05) is 43.9 Å². The highest BCUT2D eigenvalue weighted by molar-refractivity contribution is 5.92. The fourth-order valence-electron chi connectivity index (χ4n) is 2.83. The van der Waals surface area contributed by atoms with Gasteiger partial charge in [0.25, 0.3) is 0 Å². The van der Waals surface area contributed by atoms with Crippen molar-refractivity contribution in [3.05, 3.63) is 23.8 Å². The lowest BCUT2D eigenvalue weighted by molar-refractivity contribution is 0.0601. The van der Waals surface area contributed by atoms with Crippen molar-refractivity contribution in [2.45, 2.75) is 18.9 Å². The summed E-state index contributed by atoms with van der Waals surface area (Å²) in [5.41, 5.74) is 8.29. The van der Waals surface area contributed by atoms with Crippen LogP contribution in [0.4, 0.5) is 11.4 Å². The van der Waals surface area contributed by atoms with Crippen LogP contribution in [0, 0.1) is 0 Å². The molecule has 2 fully saturated rings. The van der Waals surface area contributed by atoms with Gasteiger partial charge in [-0.05, 0) is 31.0 Å². The van der Waals surface area contributed by atoms with Gasteiger partial charge in [0.05, 0.1) is 24.0 Å². The van der Waals surface area contributed by atoms with E-state index in [1.807, 2.05) is 6.07 Å². The van der Waals surface area contributed by atoms with Crippen molar-refractivity contribution in [1.29, 1.82) is 0 Å². The van der Waals surface area contributed by atoms with Gasteiger partial charge in [0.1, 0.15) is 0 Å². The molecule has 5 nitrogen and oxygen atoms in total. The molecule has 0 atom stereocenters. The predicted octanol–water partition coefficient (Wildman–Crippen LogP) is 1.34. The van der Waals surface area contributed by atoms with E-state index in [0.717, 1.165) is 43.6 Å². The third-order valence-corrected chi connectivity index (χ3v) is 4.17. The number of nitrogens with zero attached hydrogens (tertiary/aromatic N) is 2. The van der Waals surface area contributed by atoms with Crippen LogP contribution in [-0.4, -0.2) is 50.2 Å². The summed E-state index contributed by atoms with van der Waals surface area (Å²) in [6, 6.07) is 6.16. The molecule has 1 aromatic carbocycles. The Bertz CT molecular complexity index is 506. The number of nitrogens with two attached hydrogens (primary N) is 1. The standard InChI is InChI=1S/C15H21N3O2/c1-20-15(19)11-2-5-13(16)14(10-11)18-8-6-17(7-9-18)12-3-4-12/h2,5,10,12H,3-4,6-9,16H2,1H3. The zero-order chi connectivity index (χ0) is 14.1. The number of hydrogen-bond acceptors (Lipinski definition) is 5. The van der Waals surface area contributed by atoms with Crippen molar-refractivity contribution in [2.24, 2.45) is 0 Å². The molecule has 20 heavy (non-hydrogen) atoms. The molecule has 2 aliphatic rings. The van der Waals surface area contributed by atoms with E-state index in [1.54, 1.807) is 12.1 Å². The quantitative estimate of drug-likeness (QED) is 0.666. The number of benzene rings is 1. The SMILES string of the molecule is COC(=O)c1ccc(N)c(N2CCN(C3CC3)CC2)c1. The van der Waals surface area contributed by atoms with Crippen LogP contribution < -0.4 is 10.6 Å². The van der Waals surface area contributed by atoms with E-state index in [4.69, 9.17) is 10.5 Å². The lowest BCUT2D eigenvalue weighted by Gasteiger charge is -2.36. The Morgan fingerprint density at radius 1 is 1.25 bits per heavy atom. The number of ether oxygens (including phenoxy) is 1. The first-order valence-corrected chi connectivity index (χ1v) is 7.16. The molecular weight excluding hydrogens is 254 g/mol. The molecular formula is C15H21N3O2. The van der Waals surface area contributed by atoms with Gasteiger partial charge in [0.15, 0.2) is 0 Å². The minimum Gasteiger partial charge on any atom is -0.465 e. The van der Waals surface area contributed by atoms with Gasteiger partial charge in [-0.25, -0.2) is 4.79 Å². The van der Waals surface area contributed by atoms with Crippen molar-refractivity contribution in [3.8, 4) is 0 Å². The molecule has 0 spiro atoms. The van der Waals surface area contributed by atoms with Gasteiger partial charge in [-0.2, -0.15) is 0 Å². The Balaban J connectivity index is 1.74. The third-order valence-electron chi connectivity index (χ3n) is 4.17. The number of nitrogen functional groups attached to an aromatic ring is 1. The van der Waals surface area contributed by atoms with Gasteiger partial charge < -0.3 is 15.4 Å². The Hall–Kier alpha value is -1.75. The molecule has 0 radical (unpaired) electrons.